The maximum atomic E-state index is 5.70. The first-order valence-electron chi connectivity index (χ1n) is 13.0. The van der Waals surface area contributed by atoms with Crippen molar-refractivity contribution >= 4 is 22.9 Å². The van der Waals surface area contributed by atoms with Crippen LogP contribution in [0.15, 0.2) is 156 Å². The molecule has 2 heterocycles. The molecule has 0 amide bonds. The molecule has 7 rings (SSSR count). The smallest absolute Gasteiger partial charge is 0.306 e. The Balaban J connectivity index is 1.29. The van der Waals surface area contributed by atoms with E-state index < -0.39 is 0 Å². The second-order valence-corrected chi connectivity index (χ2v) is 9.36. The summed E-state index contributed by atoms with van der Waals surface area (Å²) in [4.78, 5) is 7.13. The summed E-state index contributed by atoms with van der Waals surface area (Å²) in [6, 6.07) is 48.5. The highest BCUT2D eigenvalue weighted by Crippen LogP contribution is 2.38. The molecule has 0 saturated carbocycles. The standard InChI is InChI=1S/C35H25N3O/c1-4-10-26(11-5-1)27-16-18-29(19-17-27)34-33(36-35-37(34)24-25-39-35)28-20-22-32(23-21-28)38(30-12-6-2-7-13-30)31-14-8-3-9-15-31/h1-25H. The molecule has 186 valence electrons. The van der Waals surface area contributed by atoms with Gasteiger partial charge in [-0.3, -0.25) is 4.40 Å². The Hall–Kier alpha value is -5.35. The number of oxazole rings is 1. The maximum absolute atomic E-state index is 5.70. The first-order valence-corrected chi connectivity index (χ1v) is 13.0. The van der Waals surface area contributed by atoms with E-state index in [-0.39, 0.29) is 0 Å². The molecule has 0 N–H and O–H groups in total. The lowest BCUT2D eigenvalue weighted by atomic mass is 10.0. The van der Waals surface area contributed by atoms with Crippen molar-refractivity contribution in [3.63, 3.8) is 0 Å². The third-order valence-electron chi connectivity index (χ3n) is 6.96. The molecule has 0 radical (unpaired) electrons. The first-order chi connectivity index (χ1) is 19.3. The second-order valence-electron chi connectivity index (χ2n) is 9.36. The van der Waals surface area contributed by atoms with E-state index in [1.807, 2.05) is 28.8 Å². The van der Waals surface area contributed by atoms with Crippen molar-refractivity contribution in [3.8, 4) is 33.6 Å². The maximum Gasteiger partial charge on any atom is 0.306 e. The Morgan fingerprint density at radius 2 is 0.974 bits per heavy atom. The zero-order valence-corrected chi connectivity index (χ0v) is 21.2. The molecule has 0 unspecified atom stereocenters. The van der Waals surface area contributed by atoms with Crippen molar-refractivity contribution in [1.29, 1.82) is 0 Å². The lowest BCUT2D eigenvalue weighted by Gasteiger charge is -2.25. The van der Waals surface area contributed by atoms with E-state index in [9.17, 15) is 0 Å². The molecule has 0 aliphatic carbocycles. The van der Waals surface area contributed by atoms with Gasteiger partial charge in [-0.2, -0.15) is 4.98 Å². The van der Waals surface area contributed by atoms with E-state index in [0.717, 1.165) is 39.6 Å². The van der Waals surface area contributed by atoms with Crippen molar-refractivity contribution in [1.82, 2.24) is 9.38 Å². The number of hydrogen-bond acceptors (Lipinski definition) is 3. The van der Waals surface area contributed by atoms with Crippen LogP contribution in [0.2, 0.25) is 0 Å². The van der Waals surface area contributed by atoms with Gasteiger partial charge < -0.3 is 9.32 Å². The van der Waals surface area contributed by atoms with Gasteiger partial charge in [0.15, 0.2) is 0 Å². The van der Waals surface area contributed by atoms with Gasteiger partial charge in [-0.15, -0.1) is 0 Å². The van der Waals surface area contributed by atoms with Gasteiger partial charge in [0.05, 0.1) is 5.69 Å². The average molecular weight is 504 g/mol. The molecule has 0 fully saturated rings. The van der Waals surface area contributed by atoms with Crippen LogP contribution in [0.25, 0.3) is 39.5 Å². The van der Waals surface area contributed by atoms with Crippen LogP contribution in [-0.2, 0) is 0 Å². The first kappa shape index (κ1) is 22.8. The highest BCUT2D eigenvalue weighted by Gasteiger charge is 2.19. The predicted octanol–water partition coefficient (Wildman–Crippen LogP) is 9.40. The van der Waals surface area contributed by atoms with Gasteiger partial charge in [0.2, 0.25) is 0 Å². The van der Waals surface area contributed by atoms with Gasteiger partial charge in [0.1, 0.15) is 12.0 Å². The van der Waals surface area contributed by atoms with Gasteiger partial charge in [-0.1, -0.05) is 103 Å². The minimum atomic E-state index is 0.575. The summed E-state index contributed by atoms with van der Waals surface area (Å²) in [7, 11) is 0. The number of aromatic nitrogens is 2. The molecule has 4 heteroatoms. The van der Waals surface area contributed by atoms with Crippen LogP contribution in [0.5, 0.6) is 0 Å². The van der Waals surface area contributed by atoms with Gasteiger partial charge >= 0.3 is 5.84 Å². The highest BCUT2D eigenvalue weighted by molar-refractivity contribution is 5.84. The summed E-state index contributed by atoms with van der Waals surface area (Å²) in [5.74, 6) is 0.575. The molecular formula is C35H25N3O. The molecule has 0 bridgehead atoms. The van der Waals surface area contributed by atoms with Crippen LogP contribution in [0.1, 0.15) is 0 Å². The fourth-order valence-electron chi connectivity index (χ4n) is 5.08. The quantitative estimate of drug-likeness (QED) is 0.227. The molecule has 39 heavy (non-hydrogen) atoms. The number of rotatable bonds is 6. The highest BCUT2D eigenvalue weighted by atomic mass is 16.3. The zero-order chi connectivity index (χ0) is 26.0. The van der Waals surface area contributed by atoms with Crippen LogP contribution in [0.3, 0.4) is 0 Å². The topological polar surface area (TPSA) is 33.7 Å². The fraction of sp³-hybridized carbons (Fsp3) is 0. The van der Waals surface area contributed by atoms with Crippen LogP contribution in [-0.4, -0.2) is 9.38 Å². The summed E-state index contributed by atoms with van der Waals surface area (Å²) in [6.45, 7) is 0. The Morgan fingerprint density at radius 3 is 1.59 bits per heavy atom. The summed E-state index contributed by atoms with van der Waals surface area (Å²) in [6.07, 6.45) is 3.60. The lowest BCUT2D eigenvalue weighted by Crippen LogP contribution is -2.09. The molecule has 0 saturated heterocycles. The second kappa shape index (κ2) is 9.84. The molecule has 0 atom stereocenters. The predicted molar refractivity (Wildman–Crippen MR) is 158 cm³/mol. The molecule has 7 aromatic rings. The molecule has 0 aliphatic heterocycles. The largest absolute Gasteiger partial charge is 0.432 e. The lowest BCUT2D eigenvalue weighted by molar-refractivity contribution is 0.596. The molecule has 0 aliphatic rings. The van der Waals surface area contributed by atoms with Crippen LogP contribution >= 0.6 is 0 Å². The number of imidazole rings is 1. The van der Waals surface area contributed by atoms with E-state index in [1.165, 1.54) is 11.1 Å². The average Bonchev–Trinajstić information content (AvgIpc) is 3.61. The van der Waals surface area contributed by atoms with Crippen molar-refractivity contribution in [2.75, 3.05) is 4.90 Å². The van der Waals surface area contributed by atoms with Gasteiger partial charge in [0, 0.05) is 34.4 Å². The molecule has 5 aromatic carbocycles. The SMILES string of the molecule is c1ccc(-c2ccc(-c3c(-c4ccc(N(c5ccccc5)c5ccccc5)cc4)nc4occn34)cc2)cc1. The molecule has 0 spiro atoms. The summed E-state index contributed by atoms with van der Waals surface area (Å²) in [5, 5.41) is 0. The molecule has 4 nitrogen and oxygen atoms in total. The minimum Gasteiger partial charge on any atom is -0.432 e. The third kappa shape index (κ3) is 4.28. The van der Waals surface area contributed by atoms with E-state index in [4.69, 9.17) is 9.40 Å². The van der Waals surface area contributed by atoms with Gasteiger partial charge in [-0.25, -0.2) is 0 Å². The van der Waals surface area contributed by atoms with Crippen LogP contribution in [0.4, 0.5) is 17.1 Å². The number of para-hydroxylation sites is 2. The Morgan fingerprint density at radius 1 is 0.487 bits per heavy atom. The zero-order valence-electron chi connectivity index (χ0n) is 21.2. The van der Waals surface area contributed by atoms with Gasteiger partial charge in [-0.05, 0) is 47.5 Å². The van der Waals surface area contributed by atoms with E-state index >= 15 is 0 Å². The van der Waals surface area contributed by atoms with Crippen LogP contribution in [0, 0.1) is 0 Å². The number of benzene rings is 5. The Kier molecular flexibility index (Phi) is 5.76. The minimum absolute atomic E-state index is 0.575. The normalized spacial score (nSPS) is 11.1. The number of fused-ring (bicyclic) bond motifs is 1. The number of anilines is 3. The number of nitrogens with zero attached hydrogens (tertiary/aromatic N) is 3. The molecule has 2 aromatic heterocycles. The summed E-state index contributed by atoms with van der Waals surface area (Å²) < 4.78 is 7.71. The third-order valence-corrected chi connectivity index (χ3v) is 6.96. The summed E-state index contributed by atoms with van der Waals surface area (Å²) in [5.41, 5.74) is 9.67. The van der Waals surface area contributed by atoms with Crippen molar-refractivity contribution in [3.05, 3.63) is 152 Å². The summed E-state index contributed by atoms with van der Waals surface area (Å²) >= 11 is 0. The fourth-order valence-corrected chi connectivity index (χ4v) is 5.08. The van der Waals surface area contributed by atoms with E-state index in [0.29, 0.717) is 5.84 Å². The van der Waals surface area contributed by atoms with Gasteiger partial charge in [0.25, 0.3) is 0 Å². The monoisotopic (exact) mass is 503 g/mol. The van der Waals surface area contributed by atoms with E-state index in [2.05, 4.69) is 126 Å². The Labute approximate surface area is 227 Å². The Bertz CT molecular complexity index is 1780. The van der Waals surface area contributed by atoms with Crippen molar-refractivity contribution < 1.29 is 4.42 Å². The van der Waals surface area contributed by atoms with Crippen molar-refractivity contribution in [2.45, 2.75) is 0 Å². The van der Waals surface area contributed by atoms with E-state index in [1.54, 1.807) is 6.26 Å². The van der Waals surface area contributed by atoms with Crippen molar-refractivity contribution in [2.24, 2.45) is 0 Å². The van der Waals surface area contributed by atoms with Crippen LogP contribution < -0.4 is 4.90 Å². The number of hydrogen-bond donors (Lipinski definition) is 0. The molecular weight excluding hydrogens is 478 g/mol.